The first-order chi connectivity index (χ1) is 48.6. The monoisotopic (exact) mass is 1280 g/mol. The molecule has 0 saturated carbocycles. The molecule has 0 atom stereocenters. The summed E-state index contributed by atoms with van der Waals surface area (Å²) in [6.45, 7) is 19.4. The second kappa shape index (κ2) is 21.0. The molecular weight excluding hydrogens is 1210 g/mol. The second-order valence-electron chi connectivity index (χ2n) is 30.7. The van der Waals surface area contributed by atoms with E-state index in [0.29, 0.717) is 0 Å². The van der Waals surface area contributed by atoms with Gasteiger partial charge in [-0.15, -0.1) is 0 Å². The molecule has 476 valence electrons. The molecule has 2 heteroatoms. The second-order valence-corrected chi connectivity index (χ2v) is 30.7. The SMILES string of the molecule is CC1(C)c2ccccc2-c2ccc(N(c3ccccc3)c3ccc4c(-c5ccc6c(c5)C(C)(C)c5c-6ccc6ccccc56)c5cc(N(c6ccccc6)c6ccc7c(c6)C(C)(C)c6ccc8ccccc8c6-7)ccc5c(-c5ccc6c(c5)C(C)(C)c5c-6ccc6ccccc56)c4c3)cc21. The van der Waals surface area contributed by atoms with E-state index in [-0.39, 0.29) is 21.7 Å². The lowest BCUT2D eigenvalue weighted by molar-refractivity contribution is 0.660. The molecule has 4 aliphatic rings. The summed E-state index contributed by atoms with van der Waals surface area (Å²) in [7, 11) is 0. The first-order valence-corrected chi connectivity index (χ1v) is 35.6. The van der Waals surface area contributed by atoms with Crippen LogP contribution in [-0.2, 0) is 21.7 Å². The standard InChI is InChI=1S/C98H74N2/c1-95(2)84-34-22-21-33-73(84)74-48-40-68(57-88(74)95)99(64-26-11-9-12-27-64)66-41-49-77-82(55-66)90(62-37-44-75-79-46-35-60-24-16-19-31-71(60)93(79)97(5,6)86(75)53-62)78-50-42-67(56-83(78)91(77)63-38-45-76-80-47-36-61-25-17-20-32-72(61)94(80)98(7,8)87(76)54-63)100(65-28-13-10-14-29-65)69-43-51-81-89(58-69)96(3,4)85-52-39-59-23-15-18-30-70(59)92(81)85/h9-58H,1-8H3. The summed E-state index contributed by atoms with van der Waals surface area (Å²) in [6, 6.07) is 116. The molecule has 4 aliphatic carbocycles. The highest BCUT2D eigenvalue weighted by molar-refractivity contribution is 6.23. The Kier molecular flexibility index (Phi) is 12.3. The molecule has 0 fully saturated rings. The van der Waals surface area contributed by atoms with E-state index in [4.69, 9.17) is 0 Å². The van der Waals surface area contributed by atoms with Crippen molar-refractivity contribution in [3.63, 3.8) is 0 Å². The zero-order valence-electron chi connectivity index (χ0n) is 57.8. The van der Waals surface area contributed by atoms with Crippen LogP contribution in [0.2, 0.25) is 0 Å². The van der Waals surface area contributed by atoms with Gasteiger partial charge < -0.3 is 9.80 Å². The van der Waals surface area contributed by atoms with Gasteiger partial charge in [-0.05, 0) is 250 Å². The van der Waals surface area contributed by atoms with E-state index < -0.39 is 0 Å². The number of anilines is 6. The number of rotatable bonds is 8. The van der Waals surface area contributed by atoms with Crippen LogP contribution >= 0.6 is 0 Å². The molecule has 2 nitrogen and oxygen atoms in total. The van der Waals surface area contributed by atoms with Crippen molar-refractivity contribution in [2.75, 3.05) is 9.80 Å². The molecule has 0 aromatic heterocycles. The largest absolute Gasteiger partial charge is 0.310 e. The van der Waals surface area contributed by atoms with E-state index in [1.54, 1.807) is 0 Å². The molecular formula is C98H74N2. The maximum atomic E-state index is 2.57. The van der Waals surface area contributed by atoms with Crippen molar-refractivity contribution in [1.29, 1.82) is 0 Å². The van der Waals surface area contributed by atoms with Gasteiger partial charge in [0, 0.05) is 55.8 Å². The van der Waals surface area contributed by atoms with Gasteiger partial charge in [-0.1, -0.05) is 274 Å². The average Bonchev–Trinajstić information content (AvgIpc) is 0.982. The van der Waals surface area contributed by atoms with Crippen molar-refractivity contribution in [1.82, 2.24) is 0 Å². The fourth-order valence-corrected chi connectivity index (χ4v) is 19.1. The lowest BCUT2D eigenvalue weighted by atomic mass is 9.78. The Bertz CT molecular complexity index is 6220. The van der Waals surface area contributed by atoms with Crippen molar-refractivity contribution in [2.45, 2.75) is 77.0 Å². The molecule has 0 unspecified atom stereocenters. The van der Waals surface area contributed by atoms with Crippen molar-refractivity contribution in [2.24, 2.45) is 0 Å². The number of hydrogen-bond donors (Lipinski definition) is 0. The summed E-state index contributed by atoms with van der Waals surface area (Å²) in [5.74, 6) is 0. The third kappa shape index (κ3) is 8.19. The van der Waals surface area contributed by atoms with Crippen LogP contribution in [0.5, 0.6) is 0 Å². The summed E-state index contributed by atoms with van der Waals surface area (Å²) in [5, 5.41) is 12.6. The third-order valence-corrected chi connectivity index (χ3v) is 23.9. The zero-order valence-corrected chi connectivity index (χ0v) is 57.8. The summed E-state index contributed by atoms with van der Waals surface area (Å²) in [5.41, 5.74) is 32.0. The van der Waals surface area contributed by atoms with E-state index in [1.165, 1.54) is 165 Å². The third-order valence-electron chi connectivity index (χ3n) is 23.9. The van der Waals surface area contributed by atoms with Crippen LogP contribution in [0.3, 0.4) is 0 Å². The topological polar surface area (TPSA) is 6.48 Å². The van der Waals surface area contributed by atoms with Gasteiger partial charge in [-0.2, -0.15) is 0 Å². The highest BCUT2D eigenvalue weighted by Crippen LogP contribution is 2.59. The maximum absolute atomic E-state index is 2.57. The Morgan fingerprint density at radius 3 is 1.08 bits per heavy atom. The number of para-hydroxylation sites is 2. The summed E-state index contributed by atoms with van der Waals surface area (Å²) < 4.78 is 0. The van der Waals surface area contributed by atoms with Gasteiger partial charge in [0.05, 0.1) is 0 Å². The number of hydrogen-bond acceptors (Lipinski definition) is 2. The normalized spacial score (nSPS) is 14.9. The molecule has 0 heterocycles. The van der Waals surface area contributed by atoms with Crippen molar-refractivity contribution < 1.29 is 0 Å². The van der Waals surface area contributed by atoms with Crippen molar-refractivity contribution in [3.8, 4) is 66.8 Å². The Balaban J connectivity index is 0.871. The van der Waals surface area contributed by atoms with Crippen LogP contribution in [0.1, 0.15) is 99.9 Å². The van der Waals surface area contributed by atoms with Crippen molar-refractivity contribution in [3.05, 3.63) is 348 Å². The van der Waals surface area contributed by atoms with Crippen LogP contribution in [0.4, 0.5) is 34.1 Å². The van der Waals surface area contributed by atoms with E-state index in [1.807, 2.05) is 0 Å². The van der Waals surface area contributed by atoms with Gasteiger partial charge >= 0.3 is 0 Å². The smallest absolute Gasteiger partial charge is 0.0468 e. The Morgan fingerprint density at radius 1 is 0.190 bits per heavy atom. The maximum Gasteiger partial charge on any atom is 0.0468 e. The van der Waals surface area contributed by atoms with Gasteiger partial charge in [0.25, 0.3) is 0 Å². The van der Waals surface area contributed by atoms with Crippen LogP contribution in [-0.4, -0.2) is 0 Å². The quantitative estimate of drug-likeness (QED) is 0.140. The summed E-state index contributed by atoms with van der Waals surface area (Å²) >= 11 is 0. The van der Waals surface area contributed by atoms with Gasteiger partial charge in [0.1, 0.15) is 0 Å². The molecule has 16 aromatic carbocycles. The number of benzene rings is 16. The first-order valence-electron chi connectivity index (χ1n) is 35.6. The van der Waals surface area contributed by atoms with Gasteiger partial charge in [0.2, 0.25) is 0 Å². The lowest BCUT2D eigenvalue weighted by Crippen LogP contribution is -2.16. The predicted molar refractivity (Wildman–Crippen MR) is 424 cm³/mol. The lowest BCUT2D eigenvalue weighted by Gasteiger charge is -2.30. The van der Waals surface area contributed by atoms with Gasteiger partial charge in [-0.25, -0.2) is 0 Å². The molecule has 0 saturated heterocycles. The van der Waals surface area contributed by atoms with E-state index in [9.17, 15) is 0 Å². The number of nitrogens with zero attached hydrogens (tertiary/aromatic N) is 2. The molecule has 0 aliphatic heterocycles. The van der Waals surface area contributed by atoms with Gasteiger partial charge in [0.15, 0.2) is 0 Å². The van der Waals surface area contributed by atoms with E-state index in [2.05, 4.69) is 369 Å². The molecule has 100 heavy (non-hydrogen) atoms. The highest BCUT2D eigenvalue weighted by Gasteiger charge is 2.42. The highest BCUT2D eigenvalue weighted by atomic mass is 15.1. The minimum Gasteiger partial charge on any atom is -0.310 e. The van der Waals surface area contributed by atoms with Gasteiger partial charge in [-0.3, -0.25) is 0 Å². The Labute approximate surface area is 585 Å². The minimum atomic E-state index is -0.287. The summed E-state index contributed by atoms with van der Waals surface area (Å²) in [6.07, 6.45) is 0. The number of fused-ring (bicyclic) bond motifs is 20. The molecule has 0 bridgehead atoms. The van der Waals surface area contributed by atoms with E-state index >= 15 is 0 Å². The van der Waals surface area contributed by atoms with Crippen molar-refractivity contribution >= 4 is 88.0 Å². The molecule has 16 aromatic rings. The molecule has 0 spiro atoms. The molecule has 20 rings (SSSR count). The Morgan fingerprint density at radius 2 is 0.550 bits per heavy atom. The predicted octanol–water partition coefficient (Wildman–Crippen LogP) is 27.0. The zero-order chi connectivity index (χ0) is 67.3. The van der Waals surface area contributed by atoms with Crippen LogP contribution in [0.15, 0.2) is 303 Å². The molecule has 0 amide bonds. The van der Waals surface area contributed by atoms with Crippen LogP contribution in [0.25, 0.3) is 121 Å². The minimum absolute atomic E-state index is 0.186. The Hall–Kier alpha value is -11.6. The molecule has 0 N–H and O–H groups in total. The van der Waals surface area contributed by atoms with E-state index in [0.717, 1.165) is 34.1 Å². The molecule has 0 radical (unpaired) electrons. The van der Waals surface area contributed by atoms with Crippen LogP contribution in [0, 0.1) is 0 Å². The first kappa shape index (κ1) is 58.6. The fraction of sp³-hybridized carbons (Fsp3) is 0.122. The average molecular weight is 1280 g/mol. The fourth-order valence-electron chi connectivity index (χ4n) is 19.1. The summed E-state index contributed by atoms with van der Waals surface area (Å²) in [4.78, 5) is 5.01. The van der Waals surface area contributed by atoms with Crippen LogP contribution < -0.4 is 9.80 Å².